The summed E-state index contributed by atoms with van der Waals surface area (Å²) in [4.78, 5) is 6.55. The molecule has 0 spiro atoms. The summed E-state index contributed by atoms with van der Waals surface area (Å²) in [5.41, 5.74) is 1.08. The fourth-order valence-corrected chi connectivity index (χ4v) is 2.58. The van der Waals surface area contributed by atoms with E-state index >= 15 is 0 Å². The Labute approximate surface area is 114 Å². The van der Waals surface area contributed by atoms with Gasteiger partial charge in [0.1, 0.15) is 17.5 Å². The van der Waals surface area contributed by atoms with Gasteiger partial charge in [-0.25, -0.2) is 4.98 Å². The highest BCUT2D eigenvalue weighted by Crippen LogP contribution is 2.22. The van der Waals surface area contributed by atoms with Crippen molar-refractivity contribution in [3.63, 3.8) is 0 Å². The second kappa shape index (κ2) is 6.39. The van der Waals surface area contributed by atoms with Crippen LogP contribution in [0.2, 0.25) is 5.15 Å². The van der Waals surface area contributed by atoms with E-state index < -0.39 is 0 Å². The number of aryl methyl sites for hydroxylation is 1. The van der Waals surface area contributed by atoms with E-state index in [4.69, 9.17) is 16.3 Å². The SMILES string of the molecule is CCCc1cc(OC[C@@H]2CCCN2C)cnc1Cl. The fraction of sp³-hybridized carbons (Fsp3) is 0.643. The molecule has 0 unspecified atom stereocenters. The number of nitrogens with zero attached hydrogens (tertiary/aromatic N) is 2. The molecule has 0 N–H and O–H groups in total. The van der Waals surface area contributed by atoms with E-state index in [1.165, 1.54) is 19.4 Å². The van der Waals surface area contributed by atoms with E-state index in [1.807, 2.05) is 6.07 Å². The van der Waals surface area contributed by atoms with Gasteiger partial charge >= 0.3 is 0 Å². The number of pyridine rings is 1. The van der Waals surface area contributed by atoms with Crippen LogP contribution in [0.25, 0.3) is 0 Å². The van der Waals surface area contributed by atoms with Crippen LogP contribution in [0, 0.1) is 0 Å². The molecule has 0 aromatic carbocycles. The summed E-state index contributed by atoms with van der Waals surface area (Å²) in [7, 11) is 2.16. The Morgan fingerprint density at radius 2 is 2.39 bits per heavy atom. The minimum absolute atomic E-state index is 0.537. The zero-order valence-electron chi connectivity index (χ0n) is 11.2. The average molecular weight is 269 g/mol. The van der Waals surface area contributed by atoms with Crippen molar-refractivity contribution in [2.75, 3.05) is 20.2 Å². The third-order valence-corrected chi connectivity index (χ3v) is 3.86. The van der Waals surface area contributed by atoms with Gasteiger partial charge in [0.25, 0.3) is 0 Å². The Bertz CT molecular complexity index is 397. The van der Waals surface area contributed by atoms with Crippen LogP contribution >= 0.6 is 11.6 Å². The maximum Gasteiger partial charge on any atom is 0.138 e. The quantitative estimate of drug-likeness (QED) is 0.767. The van der Waals surface area contributed by atoms with Gasteiger partial charge in [0.2, 0.25) is 0 Å². The zero-order chi connectivity index (χ0) is 13.0. The van der Waals surface area contributed by atoms with Crippen molar-refractivity contribution in [2.45, 2.75) is 38.6 Å². The largest absolute Gasteiger partial charge is 0.490 e. The van der Waals surface area contributed by atoms with E-state index in [1.54, 1.807) is 6.20 Å². The molecule has 1 fully saturated rings. The molecule has 1 atom stereocenters. The van der Waals surface area contributed by atoms with Gasteiger partial charge in [0, 0.05) is 6.04 Å². The Morgan fingerprint density at radius 1 is 1.56 bits per heavy atom. The van der Waals surface area contributed by atoms with Gasteiger partial charge in [-0.05, 0) is 44.5 Å². The Morgan fingerprint density at radius 3 is 3.06 bits per heavy atom. The molecule has 1 saturated heterocycles. The van der Waals surface area contributed by atoms with Crippen LogP contribution in [-0.2, 0) is 6.42 Å². The number of likely N-dealkylation sites (tertiary alicyclic amines) is 1. The average Bonchev–Trinajstić information content (AvgIpc) is 2.76. The first-order chi connectivity index (χ1) is 8.70. The number of rotatable bonds is 5. The normalized spacial score (nSPS) is 20.3. The summed E-state index contributed by atoms with van der Waals surface area (Å²) in [6.07, 6.45) is 6.23. The van der Waals surface area contributed by atoms with Gasteiger partial charge in [-0.2, -0.15) is 0 Å². The molecule has 0 aliphatic carbocycles. The highest BCUT2D eigenvalue weighted by molar-refractivity contribution is 6.30. The molecule has 0 saturated carbocycles. The maximum atomic E-state index is 6.05. The molecule has 0 amide bonds. The summed E-state index contributed by atoms with van der Waals surface area (Å²) in [5, 5.41) is 0.599. The van der Waals surface area contributed by atoms with E-state index in [0.717, 1.165) is 30.8 Å². The highest BCUT2D eigenvalue weighted by atomic mass is 35.5. The Kier molecular flexibility index (Phi) is 4.84. The number of hydrogen-bond acceptors (Lipinski definition) is 3. The van der Waals surface area contributed by atoms with E-state index in [-0.39, 0.29) is 0 Å². The molecule has 1 aromatic heterocycles. The molecule has 0 bridgehead atoms. The Hall–Kier alpha value is -0.800. The number of ether oxygens (including phenoxy) is 1. The van der Waals surface area contributed by atoms with Crippen LogP contribution in [0.5, 0.6) is 5.75 Å². The van der Waals surface area contributed by atoms with Gasteiger partial charge < -0.3 is 9.64 Å². The molecule has 1 aliphatic rings. The van der Waals surface area contributed by atoms with Crippen molar-refractivity contribution >= 4 is 11.6 Å². The molecule has 100 valence electrons. The van der Waals surface area contributed by atoms with Gasteiger partial charge in [-0.3, -0.25) is 0 Å². The first kappa shape index (κ1) is 13.6. The molecule has 2 heterocycles. The van der Waals surface area contributed by atoms with Crippen LogP contribution in [0.1, 0.15) is 31.7 Å². The van der Waals surface area contributed by atoms with Crippen LogP contribution in [0.4, 0.5) is 0 Å². The molecule has 1 aliphatic heterocycles. The Balaban J connectivity index is 1.94. The summed E-state index contributed by atoms with van der Waals surface area (Å²) < 4.78 is 5.84. The van der Waals surface area contributed by atoms with Crippen molar-refractivity contribution < 1.29 is 4.74 Å². The van der Waals surface area contributed by atoms with Gasteiger partial charge in [0.05, 0.1) is 6.20 Å². The number of likely N-dealkylation sites (N-methyl/N-ethyl adjacent to an activating group) is 1. The van der Waals surface area contributed by atoms with Crippen LogP contribution in [0.3, 0.4) is 0 Å². The minimum atomic E-state index is 0.537. The summed E-state index contributed by atoms with van der Waals surface area (Å²) >= 11 is 6.05. The fourth-order valence-electron chi connectivity index (χ4n) is 2.38. The lowest BCUT2D eigenvalue weighted by Crippen LogP contribution is -2.30. The molecule has 0 radical (unpaired) electrons. The van der Waals surface area contributed by atoms with Gasteiger partial charge in [-0.1, -0.05) is 24.9 Å². The maximum absolute atomic E-state index is 6.05. The second-order valence-electron chi connectivity index (χ2n) is 4.96. The first-order valence-electron chi connectivity index (χ1n) is 6.68. The molecular weight excluding hydrogens is 248 g/mol. The number of hydrogen-bond donors (Lipinski definition) is 0. The van der Waals surface area contributed by atoms with Crippen molar-refractivity contribution in [3.05, 3.63) is 23.0 Å². The highest BCUT2D eigenvalue weighted by Gasteiger charge is 2.21. The van der Waals surface area contributed by atoms with Gasteiger partial charge in [-0.15, -0.1) is 0 Å². The van der Waals surface area contributed by atoms with Crippen LogP contribution in [-0.4, -0.2) is 36.1 Å². The molecule has 2 rings (SSSR count). The van der Waals surface area contributed by atoms with E-state index in [9.17, 15) is 0 Å². The predicted molar refractivity (Wildman–Crippen MR) is 74.4 cm³/mol. The topological polar surface area (TPSA) is 25.4 Å². The number of aromatic nitrogens is 1. The summed E-state index contributed by atoms with van der Waals surface area (Å²) in [5.74, 6) is 0.836. The van der Waals surface area contributed by atoms with Crippen LogP contribution < -0.4 is 4.74 Å². The molecule has 1 aromatic rings. The standard InChI is InChI=1S/C14H21ClN2O/c1-3-5-11-8-13(9-16-14(11)15)18-10-12-6-4-7-17(12)2/h8-9,12H,3-7,10H2,1-2H3/t12-/m0/s1. The van der Waals surface area contributed by atoms with Crippen molar-refractivity contribution in [1.82, 2.24) is 9.88 Å². The lowest BCUT2D eigenvalue weighted by molar-refractivity contribution is 0.197. The van der Waals surface area contributed by atoms with Crippen molar-refractivity contribution in [1.29, 1.82) is 0 Å². The number of halogens is 1. The molecular formula is C14H21ClN2O. The van der Waals surface area contributed by atoms with E-state index in [2.05, 4.69) is 23.9 Å². The summed E-state index contributed by atoms with van der Waals surface area (Å²) in [6.45, 7) is 4.05. The molecule has 3 nitrogen and oxygen atoms in total. The van der Waals surface area contributed by atoms with Crippen molar-refractivity contribution in [3.8, 4) is 5.75 Å². The third-order valence-electron chi connectivity index (χ3n) is 3.52. The van der Waals surface area contributed by atoms with Crippen LogP contribution in [0.15, 0.2) is 12.3 Å². The molecule has 18 heavy (non-hydrogen) atoms. The molecule has 4 heteroatoms. The second-order valence-corrected chi connectivity index (χ2v) is 5.32. The third kappa shape index (κ3) is 3.36. The van der Waals surface area contributed by atoms with E-state index in [0.29, 0.717) is 11.2 Å². The smallest absolute Gasteiger partial charge is 0.138 e. The minimum Gasteiger partial charge on any atom is -0.490 e. The lowest BCUT2D eigenvalue weighted by atomic mass is 10.2. The van der Waals surface area contributed by atoms with Crippen molar-refractivity contribution in [2.24, 2.45) is 0 Å². The summed E-state index contributed by atoms with van der Waals surface area (Å²) in [6, 6.07) is 2.56. The van der Waals surface area contributed by atoms with Gasteiger partial charge in [0.15, 0.2) is 0 Å². The lowest BCUT2D eigenvalue weighted by Gasteiger charge is -2.19. The monoisotopic (exact) mass is 268 g/mol. The predicted octanol–water partition coefficient (Wildman–Crippen LogP) is 3.16. The zero-order valence-corrected chi connectivity index (χ0v) is 11.9. The first-order valence-corrected chi connectivity index (χ1v) is 7.06.